The average molecular weight is 243 g/mol. The van der Waals surface area contributed by atoms with Crippen molar-refractivity contribution in [2.45, 2.75) is 18.8 Å². The number of carbonyl (C=O) groups excluding carboxylic acids is 1. The van der Waals surface area contributed by atoms with Crippen LogP contribution in [0.4, 0.5) is 4.79 Å². The molecule has 3 atom stereocenters. The Labute approximate surface area is 98.8 Å². The summed E-state index contributed by atoms with van der Waals surface area (Å²) in [6.45, 7) is 0.156. The lowest BCUT2D eigenvalue weighted by Crippen LogP contribution is -2.50. The molecule has 2 amide bonds. The first-order valence-corrected chi connectivity index (χ1v) is 5.56. The molecule has 2 heterocycles. The standard InChI is InChI=1S/C10H17N3O4/c11-8-1-2-13(10(16)12-8)9-3-6(4-14)7(5-15)17-9/h1,6-7,9,14-15H,2-5,11H2,(H,12,16)/t6-,7-,9-/m1/s1. The van der Waals surface area contributed by atoms with Crippen LogP contribution in [0.2, 0.25) is 0 Å². The second-order valence-corrected chi connectivity index (χ2v) is 4.23. The first-order valence-electron chi connectivity index (χ1n) is 5.56. The molecule has 0 unspecified atom stereocenters. The zero-order valence-corrected chi connectivity index (χ0v) is 9.37. The number of carbonyl (C=O) groups is 1. The summed E-state index contributed by atoms with van der Waals surface area (Å²) in [4.78, 5) is 13.2. The summed E-state index contributed by atoms with van der Waals surface area (Å²) >= 11 is 0. The quantitative estimate of drug-likeness (QED) is 0.484. The van der Waals surface area contributed by atoms with Gasteiger partial charge in [-0.2, -0.15) is 0 Å². The lowest BCUT2D eigenvalue weighted by molar-refractivity contribution is -0.0557. The van der Waals surface area contributed by atoms with Crippen molar-refractivity contribution in [2.24, 2.45) is 11.7 Å². The van der Waals surface area contributed by atoms with Gasteiger partial charge in [-0.1, -0.05) is 0 Å². The van der Waals surface area contributed by atoms with Crippen LogP contribution in [0.5, 0.6) is 0 Å². The number of amides is 2. The highest BCUT2D eigenvalue weighted by Crippen LogP contribution is 2.28. The SMILES string of the molecule is NC1=CCN([C@H]2C[C@H](CO)[C@@H](CO)O2)C(=O)N1. The molecule has 2 aliphatic heterocycles. The Morgan fingerprint density at radius 1 is 1.53 bits per heavy atom. The first kappa shape index (κ1) is 12.2. The van der Waals surface area contributed by atoms with E-state index in [9.17, 15) is 4.79 Å². The average Bonchev–Trinajstić information content (AvgIpc) is 2.72. The summed E-state index contributed by atoms with van der Waals surface area (Å²) in [5.41, 5.74) is 5.47. The molecule has 2 aliphatic rings. The molecule has 5 N–H and O–H groups in total. The third-order valence-electron chi connectivity index (χ3n) is 3.14. The maximum absolute atomic E-state index is 11.7. The van der Waals surface area contributed by atoms with E-state index in [0.717, 1.165) is 0 Å². The number of nitrogens with one attached hydrogen (secondary N) is 1. The van der Waals surface area contributed by atoms with Gasteiger partial charge in [0.2, 0.25) is 0 Å². The fourth-order valence-corrected chi connectivity index (χ4v) is 2.14. The zero-order chi connectivity index (χ0) is 12.4. The van der Waals surface area contributed by atoms with Crippen LogP contribution in [0, 0.1) is 5.92 Å². The van der Waals surface area contributed by atoms with Gasteiger partial charge < -0.3 is 20.7 Å². The number of rotatable bonds is 3. The number of nitrogens with two attached hydrogens (primary N) is 1. The molecule has 2 rings (SSSR count). The Hall–Kier alpha value is -1.31. The van der Waals surface area contributed by atoms with Gasteiger partial charge in [-0.25, -0.2) is 4.79 Å². The first-order chi connectivity index (χ1) is 8.15. The molecule has 96 valence electrons. The summed E-state index contributed by atoms with van der Waals surface area (Å²) in [5, 5.41) is 20.7. The van der Waals surface area contributed by atoms with Crippen molar-refractivity contribution >= 4 is 6.03 Å². The Morgan fingerprint density at radius 2 is 2.29 bits per heavy atom. The Bertz CT molecular complexity index is 322. The van der Waals surface area contributed by atoms with E-state index in [2.05, 4.69) is 5.32 Å². The van der Waals surface area contributed by atoms with Crippen molar-refractivity contribution in [3.63, 3.8) is 0 Å². The molecule has 0 radical (unpaired) electrons. The lowest BCUT2D eigenvalue weighted by atomic mass is 10.0. The summed E-state index contributed by atoms with van der Waals surface area (Å²) in [6, 6.07) is -0.315. The van der Waals surface area contributed by atoms with Gasteiger partial charge in [0.15, 0.2) is 0 Å². The van der Waals surface area contributed by atoms with Crippen LogP contribution in [0.3, 0.4) is 0 Å². The van der Waals surface area contributed by atoms with E-state index >= 15 is 0 Å². The van der Waals surface area contributed by atoms with Gasteiger partial charge >= 0.3 is 6.03 Å². The maximum Gasteiger partial charge on any atom is 0.325 e. The molecule has 0 aromatic carbocycles. The summed E-state index contributed by atoms with van der Waals surface area (Å²) < 4.78 is 5.54. The van der Waals surface area contributed by atoms with Crippen LogP contribution in [0.1, 0.15) is 6.42 Å². The summed E-state index contributed by atoms with van der Waals surface area (Å²) in [6.07, 6.45) is 1.36. The molecule has 0 spiro atoms. The fourth-order valence-electron chi connectivity index (χ4n) is 2.14. The summed E-state index contributed by atoms with van der Waals surface area (Å²) in [7, 11) is 0. The van der Waals surface area contributed by atoms with Crippen molar-refractivity contribution in [3.8, 4) is 0 Å². The smallest absolute Gasteiger partial charge is 0.325 e. The van der Waals surface area contributed by atoms with Gasteiger partial charge in [-0.3, -0.25) is 10.2 Å². The Balaban J connectivity index is 2.02. The molecule has 0 saturated carbocycles. The third kappa shape index (κ3) is 2.36. The number of nitrogens with zero attached hydrogens (tertiary/aromatic N) is 1. The van der Waals surface area contributed by atoms with E-state index in [4.69, 9.17) is 20.7 Å². The molecule has 7 nitrogen and oxygen atoms in total. The molecular weight excluding hydrogens is 226 g/mol. The maximum atomic E-state index is 11.7. The van der Waals surface area contributed by atoms with Crippen LogP contribution in [0.25, 0.3) is 0 Å². The van der Waals surface area contributed by atoms with Crippen molar-refractivity contribution in [1.29, 1.82) is 0 Å². The number of aliphatic hydroxyl groups excluding tert-OH is 2. The molecule has 0 aromatic heterocycles. The number of hydrogen-bond acceptors (Lipinski definition) is 5. The predicted octanol–water partition coefficient (Wildman–Crippen LogP) is -1.47. The lowest BCUT2D eigenvalue weighted by Gasteiger charge is -2.30. The van der Waals surface area contributed by atoms with E-state index in [1.54, 1.807) is 6.08 Å². The van der Waals surface area contributed by atoms with Crippen LogP contribution < -0.4 is 11.1 Å². The molecule has 0 aromatic rings. The van der Waals surface area contributed by atoms with E-state index in [-0.39, 0.29) is 25.2 Å². The van der Waals surface area contributed by atoms with E-state index in [0.29, 0.717) is 18.8 Å². The molecule has 1 fully saturated rings. The highest BCUT2D eigenvalue weighted by Gasteiger charge is 2.39. The molecular formula is C10H17N3O4. The number of aliphatic hydroxyl groups is 2. The minimum atomic E-state index is -0.423. The van der Waals surface area contributed by atoms with E-state index < -0.39 is 12.3 Å². The second kappa shape index (κ2) is 4.91. The second-order valence-electron chi connectivity index (χ2n) is 4.23. The van der Waals surface area contributed by atoms with Gasteiger partial charge in [-0.15, -0.1) is 0 Å². The topological polar surface area (TPSA) is 108 Å². The van der Waals surface area contributed by atoms with Crippen molar-refractivity contribution in [3.05, 3.63) is 11.9 Å². The Morgan fingerprint density at radius 3 is 2.82 bits per heavy atom. The van der Waals surface area contributed by atoms with Crippen LogP contribution >= 0.6 is 0 Å². The van der Waals surface area contributed by atoms with Crippen molar-refractivity contribution in [2.75, 3.05) is 19.8 Å². The number of ether oxygens (including phenoxy) is 1. The van der Waals surface area contributed by atoms with Gasteiger partial charge in [0.05, 0.1) is 12.7 Å². The van der Waals surface area contributed by atoms with Crippen LogP contribution in [-0.4, -0.2) is 53.2 Å². The van der Waals surface area contributed by atoms with Gasteiger partial charge in [0, 0.05) is 25.5 Å². The van der Waals surface area contributed by atoms with Gasteiger partial charge in [0.1, 0.15) is 12.0 Å². The molecule has 7 heteroatoms. The minimum absolute atomic E-state index is 0.0604. The zero-order valence-electron chi connectivity index (χ0n) is 9.37. The number of hydrogen-bond donors (Lipinski definition) is 4. The minimum Gasteiger partial charge on any atom is -0.396 e. The predicted molar refractivity (Wildman–Crippen MR) is 58.4 cm³/mol. The molecule has 1 saturated heterocycles. The third-order valence-corrected chi connectivity index (χ3v) is 3.14. The number of urea groups is 1. The van der Waals surface area contributed by atoms with E-state index in [1.165, 1.54) is 4.90 Å². The van der Waals surface area contributed by atoms with Gasteiger partial charge in [-0.05, 0) is 6.08 Å². The van der Waals surface area contributed by atoms with Crippen LogP contribution in [0.15, 0.2) is 11.9 Å². The van der Waals surface area contributed by atoms with Crippen molar-refractivity contribution < 1.29 is 19.7 Å². The Kier molecular flexibility index (Phi) is 3.51. The molecule has 0 bridgehead atoms. The highest BCUT2D eigenvalue weighted by atomic mass is 16.5. The summed E-state index contributed by atoms with van der Waals surface area (Å²) in [5.74, 6) is 0.197. The highest BCUT2D eigenvalue weighted by molar-refractivity contribution is 5.77. The molecule has 17 heavy (non-hydrogen) atoms. The van der Waals surface area contributed by atoms with Crippen LogP contribution in [-0.2, 0) is 4.74 Å². The van der Waals surface area contributed by atoms with E-state index in [1.807, 2.05) is 0 Å². The fraction of sp³-hybridized carbons (Fsp3) is 0.700. The monoisotopic (exact) mass is 243 g/mol. The van der Waals surface area contributed by atoms with Crippen molar-refractivity contribution in [1.82, 2.24) is 10.2 Å². The van der Waals surface area contributed by atoms with Gasteiger partial charge in [0.25, 0.3) is 0 Å². The molecule has 0 aliphatic carbocycles. The normalized spacial score (nSPS) is 33.5. The largest absolute Gasteiger partial charge is 0.396 e.